The zero-order valence-electron chi connectivity index (χ0n) is 13.4. The van der Waals surface area contributed by atoms with Crippen LogP contribution in [0.3, 0.4) is 0 Å². The largest absolute Gasteiger partial charge is 0.412 e. The highest BCUT2D eigenvalue weighted by Gasteiger charge is 2.42. The van der Waals surface area contributed by atoms with Crippen molar-refractivity contribution in [3.63, 3.8) is 0 Å². The van der Waals surface area contributed by atoms with Gasteiger partial charge in [-0.15, -0.1) is 0 Å². The van der Waals surface area contributed by atoms with Crippen molar-refractivity contribution in [1.29, 1.82) is 0 Å². The van der Waals surface area contributed by atoms with E-state index in [9.17, 15) is 5.11 Å². The zero-order valence-corrected chi connectivity index (χ0v) is 13.4. The number of benzene rings is 2. The number of nitrogens with zero attached hydrogens (tertiary/aromatic N) is 1. The Morgan fingerprint density at radius 3 is 1.88 bits per heavy atom. The summed E-state index contributed by atoms with van der Waals surface area (Å²) in [6.07, 6.45) is 5.29. The molecule has 0 bridgehead atoms. The van der Waals surface area contributed by atoms with Crippen molar-refractivity contribution >= 4 is 0 Å². The molecule has 0 atom stereocenters. The molecular weight excluding hydrogens is 298 g/mol. The fourth-order valence-electron chi connectivity index (χ4n) is 4.00. The maximum Gasteiger partial charge on any atom is 0.0442 e. The van der Waals surface area contributed by atoms with Crippen LogP contribution in [0.4, 0.5) is 0 Å². The number of aliphatic hydroxyl groups excluding tert-OH is 1. The molecule has 0 aliphatic heterocycles. The van der Waals surface area contributed by atoms with Crippen LogP contribution >= 0.6 is 0 Å². The Balaban J connectivity index is 0.00000169. The number of rotatable bonds is 4. The molecule has 0 saturated heterocycles. The SMILES string of the molecule is O.OCCC1(Cc2ccncc2)c2ccccc2-c2ccccc21. The monoisotopic (exact) mass is 319 g/mol. The van der Waals surface area contributed by atoms with Crippen LogP contribution < -0.4 is 0 Å². The van der Waals surface area contributed by atoms with Gasteiger partial charge in [0.2, 0.25) is 0 Å². The summed E-state index contributed by atoms with van der Waals surface area (Å²) in [5.41, 5.74) is 6.33. The Bertz CT molecular complexity index is 785. The molecule has 2 aromatic carbocycles. The standard InChI is InChI=1S/C21H19NO.H2O/c23-14-11-21(15-16-9-12-22-13-10-16)19-7-3-1-5-17(19)18-6-2-4-8-20(18)21;/h1-10,12-13,23H,11,14-15H2;1H2. The Labute approximate surface area is 141 Å². The lowest BCUT2D eigenvalue weighted by atomic mass is 9.71. The van der Waals surface area contributed by atoms with Gasteiger partial charge in [0, 0.05) is 24.4 Å². The second kappa shape index (κ2) is 6.56. The van der Waals surface area contributed by atoms with Gasteiger partial charge >= 0.3 is 0 Å². The van der Waals surface area contributed by atoms with E-state index in [1.165, 1.54) is 27.8 Å². The van der Waals surface area contributed by atoms with E-state index in [1.807, 2.05) is 12.4 Å². The molecule has 0 amide bonds. The highest BCUT2D eigenvalue weighted by atomic mass is 16.3. The molecule has 3 nitrogen and oxygen atoms in total. The summed E-state index contributed by atoms with van der Waals surface area (Å²) in [6, 6.07) is 21.4. The Hall–Kier alpha value is -2.49. The summed E-state index contributed by atoms with van der Waals surface area (Å²) >= 11 is 0. The predicted molar refractivity (Wildman–Crippen MR) is 95.9 cm³/mol. The lowest BCUT2D eigenvalue weighted by molar-refractivity contribution is 0.254. The quantitative estimate of drug-likeness (QED) is 0.803. The number of pyridine rings is 1. The minimum Gasteiger partial charge on any atom is -0.412 e. The van der Waals surface area contributed by atoms with E-state index >= 15 is 0 Å². The maximum atomic E-state index is 9.81. The molecule has 1 aromatic heterocycles. The minimum atomic E-state index is -0.163. The van der Waals surface area contributed by atoms with Gasteiger partial charge in [0.15, 0.2) is 0 Å². The zero-order chi connectivity index (χ0) is 15.7. The van der Waals surface area contributed by atoms with Crippen molar-refractivity contribution in [1.82, 2.24) is 4.98 Å². The first-order chi connectivity index (χ1) is 11.3. The van der Waals surface area contributed by atoms with Gasteiger partial charge < -0.3 is 10.6 Å². The first-order valence-electron chi connectivity index (χ1n) is 8.04. The summed E-state index contributed by atoms with van der Waals surface area (Å²) in [4.78, 5) is 4.13. The van der Waals surface area contributed by atoms with E-state index in [-0.39, 0.29) is 17.5 Å². The van der Waals surface area contributed by atoms with Crippen LogP contribution in [0.1, 0.15) is 23.1 Å². The van der Waals surface area contributed by atoms with Gasteiger partial charge in [-0.2, -0.15) is 0 Å². The van der Waals surface area contributed by atoms with Gasteiger partial charge in [0.1, 0.15) is 0 Å². The van der Waals surface area contributed by atoms with Crippen molar-refractivity contribution in [3.05, 3.63) is 89.7 Å². The third kappa shape index (κ3) is 2.42. The van der Waals surface area contributed by atoms with Gasteiger partial charge in [0.25, 0.3) is 0 Å². The summed E-state index contributed by atoms with van der Waals surface area (Å²) in [7, 11) is 0. The average Bonchev–Trinajstić information content (AvgIpc) is 2.88. The highest BCUT2D eigenvalue weighted by molar-refractivity contribution is 5.81. The number of aliphatic hydroxyl groups is 1. The Morgan fingerprint density at radius 1 is 0.792 bits per heavy atom. The summed E-state index contributed by atoms with van der Waals surface area (Å²) in [6.45, 7) is 0.174. The first-order valence-corrected chi connectivity index (χ1v) is 8.04. The molecule has 3 aromatic rings. The molecule has 1 aliphatic rings. The lowest BCUT2D eigenvalue weighted by Crippen LogP contribution is -2.29. The fourth-order valence-corrected chi connectivity index (χ4v) is 4.00. The van der Waals surface area contributed by atoms with E-state index < -0.39 is 0 Å². The molecule has 1 aliphatic carbocycles. The van der Waals surface area contributed by atoms with E-state index in [4.69, 9.17) is 0 Å². The molecular formula is C21H21NO2. The molecule has 0 radical (unpaired) electrons. The number of hydrogen-bond acceptors (Lipinski definition) is 2. The Kier molecular flexibility index (Phi) is 4.47. The number of aromatic nitrogens is 1. The van der Waals surface area contributed by atoms with E-state index in [0.29, 0.717) is 0 Å². The first kappa shape index (κ1) is 16.4. The van der Waals surface area contributed by atoms with Crippen molar-refractivity contribution in [2.24, 2.45) is 0 Å². The van der Waals surface area contributed by atoms with Crippen molar-refractivity contribution in [2.75, 3.05) is 6.61 Å². The topological polar surface area (TPSA) is 64.6 Å². The Morgan fingerprint density at radius 2 is 1.33 bits per heavy atom. The molecule has 3 N–H and O–H groups in total. The predicted octanol–water partition coefficient (Wildman–Crippen LogP) is 3.15. The minimum absolute atomic E-state index is 0. The van der Waals surface area contributed by atoms with Gasteiger partial charge in [-0.25, -0.2) is 0 Å². The molecule has 24 heavy (non-hydrogen) atoms. The maximum absolute atomic E-state index is 9.81. The van der Waals surface area contributed by atoms with Gasteiger partial charge in [-0.1, -0.05) is 48.5 Å². The number of fused-ring (bicyclic) bond motifs is 3. The highest BCUT2D eigenvalue weighted by Crippen LogP contribution is 2.52. The second-order valence-corrected chi connectivity index (χ2v) is 6.18. The third-order valence-corrected chi connectivity index (χ3v) is 4.97. The normalized spacial score (nSPS) is 13.7. The third-order valence-electron chi connectivity index (χ3n) is 4.97. The molecule has 0 fully saturated rings. The van der Waals surface area contributed by atoms with Crippen LogP contribution in [-0.4, -0.2) is 22.2 Å². The summed E-state index contributed by atoms with van der Waals surface area (Å²) in [5, 5.41) is 9.81. The van der Waals surface area contributed by atoms with Crippen LogP contribution in [0.25, 0.3) is 11.1 Å². The van der Waals surface area contributed by atoms with Crippen LogP contribution in [0, 0.1) is 0 Å². The molecule has 0 unspecified atom stereocenters. The van der Waals surface area contributed by atoms with Gasteiger partial charge in [0.05, 0.1) is 0 Å². The van der Waals surface area contributed by atoms with E-state index in [1.54, 1.807) is 0 Å². The molecule has 3 heteroatoms. The molecule has 4 rings (SSSR count). The second-order valence-electron chi connectivity index (χ2n) is 6.18. The van der Waals surface area contributed by atoms with Crippen molar-refractivity contribution in [2.45, 2.75) is 18.3 Å². The summed E-state index contributed by atoms with van der Waals surface area (Å²) < 4.78 is 0. The average molecular weight is 319 g/mol. The number of hydrogen-bond donors (Lipinski definition) is 1. The van der Waals surface area contributed by atoms with Crippen LogP contribution in [0.5, 0.6) is 0 Å². The van der Waals surface area contributed by atoms with Gasteiger partial charge in [-0.05, 0) is 52.8 Å². The molecule has 122 valence electrons. The van der Waals surface area contributed by atoms with Crippen molar-refractivity contribution in [3.8, 4) is 11.1 Å². The van der Waals surface area contributed by atoms with Crippen molar-refractivity contribution < 1.29 is 10.6 Å². The smallest absolute Gasteiger partial charge is 0.0442 e. The van der Waals surface area contributed by atoms with E-state index in [2.05, 4.69) is 65.6 Å². The van der Waals surface area contributed by atoms with Gasteiger partial charge in [-0.3, -0.25) is 4.98 Å². The fraction of sp³-hybridized carbons (Fsp3) is 0.190. The lowest BCUT2D eigenvalue weighted by Gasteiger charge is -2.32. The van der Waals surface area contributed by atoms with Crippen LogP contribution in [0.15, 0.2) is 73.1 Å². The van der Waals surface area contributed by atoms with Crippen LogP contribution in [-0.2, 0) is 11.8 Å². The summed E-state index contributed by atoms with van der Waals surface area (Å²) in [5.74, 6) is 0. The van der Waals surface area contributed by atoms with E-state index in [0.717, 1.165) is 12.8 Å². The molecule has 1 heterocycles. The molecule has 0 saturated carbocycles. The van der Waals surface area contributed by atoms with Crippen LogP contribution in [0.2, 0.25) is 0 Å². The molecule has 0 spiro atoms.